The predicted molar refractivity (Wildman–Crippen MR) is 76.7 cm³/mol. The number of nitrogens with two attached hydrogens (primary N) is 1. The third kappa shape index (κ3) is 4.09. The zero-order valence-corrected chi connectivity index (χ0v) is 12.0. The van der Waals surface area contributed by atoms with Gasteiger partial charge in [0.2, 0.25) is 0 Å². The molecule has 0 saturated heterocycles. The van der Waals surface area contributed by atoms with Crippen LogP contribution in [0.1, 0.15) is 30.5 Å². The van der Waals surface area contributed by atoms with Crippen LogP contribution in [-0.2, 0) is 4.74 Å². The standard InChI is InChI=1S/C15H26N2O/c1-5-14(16)15(17(3)10-11-18-4)13-8-6-12(2)7-9-13/h6-9,14-15H,5,10-11,16H2,1-4H3. The number of benzene rings is 1. The first kappa shape index (κ1) is 15.2. The molecule has 1 rings (SSSR count). The van der Waals surface area contributed by atoms with Crippen molar-refractivity contribution < 1.29 is 4.74 Å². The monoisotopic (exact) mass is 250 g/mol. The van der Waals surface area contributed by atoms with E-state index in [2.05, 4.69) is 50.1 Å². The van der Waals surface area contributed by atoms with Crippen LogP contribution in [0.5, 0.6) is 0 Å². The molecule has 0 aliphatic carbocycles. The fourth-order valence-corrected chi connectivity index (χ4v) is 2.19. The second kappa shape index (κ2) is 7.52. The summed E-state index contributed by atoms with van der Waals surface area (Å²) in [5.41, 5.74) is 8.84. The highest BCUT2D eigenvalue weighted by molar-refractivity contribution is 5.25. The average Bonchev–Trinajstić information content (AvgIpc) is 2.38. The lowest BCUT2D eigenvalue weighted by atomic mass is 9.96. The molecular weight excluding hydrogens is 224 g/mol. The highest BCUT2D eigenvalue weighted by atomic mass is 16.5. The van der Waals surface area contributed by atoms with Crippen molar-refractivity contribution >= 4 is 0 Å². The van der Waals surface area contributed by atoms with Gasteiger partial charge in [-0.1, -0.05) is 36.8 Å². The number of hydrogen-bond acceptors (Lipinski definition) is 3. The van der Waals surface area contributed by atoms with E-state index in [-0.39, 0.29) is 12.1 Å². The summed E-state index contributed by atoms with van der Waals surface area (Å²) < 4.78 is 5.15. The van der Waals surface area contributed by atoms with E-state index < -0.39 is 0 Å². The molecule has 2 N–H and O–H groups in total. The maximum Gasteiger partial charge on any atom is 0.0589 e. The minimum absolute atomic E-state index is 0.148. The van der Waals surface area contributed by atoms with E-state index in [0.717, 1.165) is 19.6 Å². The van der Waals surface area contributed by atoms with E-state index in [0.29, 0.717) is 0 Å². The van der Waals surface area contributed by atoms with Gasteiger partial charge in [0.25, 0.3) is 0 Å². The molecule has 2 atom stereocenters. The maximum absolute atomic E-state index is 6.28. The van der Waals surface area contributed by atoms with Gasteiger partial charge in [-0.3, -0.25) is 4.90 Å². The molecule has 0 radical (unpaired) electrons. The molecule has 0 aliphatic heterocycles. The third-order valence-corrected chi connectivity index (χ3v) is 3.42. The van der Waals surface area contributed by atoms with E-state index in [4.69, 9.17) is 10.5 Å². The van der Waals surface area contributed by atoms with E-state index in [1.807, 2.05) is 0 Å². The minimum atomic E-state index is 0.148. The summed E-state index contributed by atoms with van der Waals surface area (Å²) in [6.07, 6.45) is 0.968. The van der Waals surface area contributed by atoms with Crippen molar-refractivity contribution in [2.45, 2.75) is 32.4 Å². The number of nitrogens with zero attached hydrogens (tertiary/aromatic N) is 1. The molecule has 18 heavy (non-hydrogen) atoms. The van der Waals surface area contributed by atoms with Gasteiger partial charge in [-0.2, -0.15) is 0 Å². The van der Waals surface area contributed by atoms with Crippen molar-refractivity contribution in [2.24, 2.45) is 5.73 Å². The van der Waals surface area contributed by atoms with E-state index in [9.17, 15) is 0 Å². The quantitative estimate of drug-likeness (QED) is 0.807. The van der Waals surface area contributed by atoms with Gasteiger partial charge >= 0.3 is 0 Å². The molecular formula is C15H26N2O. The molecule has 0 fully saturated rings. The van der Waals surface area contributed by atoms with Crippen LogP contribution in [0.2, 0.25) is 0 Å². The van der Waals surface area contributed by atoms with Crippen molar-refractivity contribution in [1.82, 2.24) is 4.90 Å². The van der Waals surface area contributed by atoms with Gasteiger partial charge in [0.05, 0.1) is 6.61 Å². The Morgan fingerprint density at radius 3 is 2.39 bits per heavy atom. The lowest BCUT2D eigenvalue weighted by Gasteiger charge is -2.32. The second-order valence-corrected chi connectivity index (χ2v) is 4.90. The number of hydrogen-bond donors (Lipinski definition) is 1. The molecule has 0 saturated carbocycles. The SMILES string of the molecule is CCC(N)C(c1ccc(C)cc1)N(C)CCOC. The Labute approximate surface area is 111 Å². The van der Waals surface area contributed by atoms with Gasteiger partial charge in [-0.05, 0) is 26.0 Å². The summed E-state index contributed by atoms with van der Waals surface area (Å²) >= 11 is 0. The Morgan fingerprint density at radius 1 is 1.28 bits per heavy atom. The van der Waals surface area contributed by atoms with Crippen LogP contribution in [0.3, 0.4) is 0 Å². The van der Waals surface area contributed by atoms with Crippen LogP contribution in [0.4, 0.5) is 0 Å². The Hall–Kier alpha value is -0.900. The van der Waals surface area contributed by atoms with Gasteiger partial charge in [0, 0.05) is 25.7 Å². The number of methoxy groups -OCH3 is 1. The minimum Gasteiger partial charge on any atom is -0.383 e. The molecule has 3 heteroatoms. The summed E-state index contributed by atoms with van der Waals surface area (Å²) in [5, 5.41) is 0. The van der Waals surface area contributed by atoms with Gasteiger partial charge in [-0.15, -0.1) is 0 Å². The van der Waals surface area contributed by atoms with Crippen molar-refractivity contribution in [3.63, 3.8) is 0 Å². The molecule has 2 unspecified atom stereocenters. The van der Waals surface area contributed by atoms with Crippen LogP contribution in [0, 0.1) is 6.92 Å². The second-order valence-electron chi connectivity index (χ2n) is 4.90. The zero-order chi connectivity index (χ0) is 13.5. The van der Waals surface area contributed by atoms with Crippen LogP contribution >= 0.6 is 0 Å². The first-order valence-electron chi connectivity index (χ1n) is 6.61. The van der Waals surface area contributed by atoms with Gasteiger partial charge in [-0.25, -0.2) is 0 Å². The van der Waals surface area contributed by atoms with E-state index in [1.54, 1.807) is 7.11 Å². The maximum atomic E-state index is 6.28. The lowest BCUT2D eigenvalue weighted by Crippen LogP contribution is -2.40. The number of aryl methyl sites for hydroxylation is 1. The Balaban J connectivity index is 2.86. The molecule has 3 nitrogen and oxygen atoms in total. The van der Waals surface area contributed by atoms with E-state index in [1.165, 1.54) is 11.1 Å². The van der Waals surface area contributed by atoms with Crippen molar-refractivity contribution in [1.29, 1.82) is 0 Å². The van der Waals surface area contributed by atoms with Crippen LogP contribution in [0.15, 0.2) is 24.3 Å². The molecule has 1 aromatic rings. The zero-order valence-electron chi connectivity index (χ0n) is 12.0. The normalized spacial score (nSPS) is 14.8. The van der Waals surface area contributed by atoms with Crippen molar-refractivity contribution in [3.8, 4) is 0 Å². The number of rotatable bonds is 7. The molecule has 0 aliphatic rings. The Bertz CT molecular complexity index is 337. The number of likely N-dealkylation sites (N-methyl/N-ethyl adjacent to an activating group) is 1. The van der Waals surface area contributed by atoms with Gasteiger partial charge < -0.3 is 10.5 Å². The first-order valence-corrected chi connectivity index (χ1v) is 6.61. The fraction of sp³-hybridized carbons (Fsp3) is 0.600. The highest BCUT2D eigenvalue weighted by Gasteiger charge is 2.22. The van der Waals surface area contributed by atoms with Gasteiger partial charge in [0.15, 0.2) is 0 Å². The molecule has 102 valence electrons. The topological polar surface area (TPSA) is 38.5 Å². The lowest BCUT2D eigenvalue weighted by molar-refractivity contribution is 0.128. The summed E-state index contributed by atoms with van der Waals surface area (Å²) in [5.74, 6) is 0. The van der Waals surface area contributed by atoms with E-state index >= 15 is 0 Å². The summed E-state index contributed by atoms with van der Waals surface area (Å²) in [6, 6.07) is 9.06. The summed E-state index contributed by atoms with van der Waals surface area (Å²) in [6.45, 7) is 5.86. The number of ether oxygens (including phenoxy) is 1. The Morgan fingerprint density at radius 2 is 1.89 bits per heavy atom. The Kier molecular flexibility index (Phi) is 6.33. The van der Waals surface area contributed by atoms with Crippen molar-refractivity contribution in [2.75, 3.05) is 27.3 Å². The third-order valence-electron chi connectivity index (χ3n) is 3.42. The predicted octanol–water partition coefficient (Wildman–Crippen LogP) is 2.35. The fourth-order valence-electron chi connectivity index (χ4n) is 2.19. The smallest absolute Gasteiger partial charge is 0.0589 e. The first-order chi connectivity index (χ1) is 8.60. The summed E-state index contributed by atoms with van der Waals surface area (Å²) in [4.78, 5) is 2.28. The molecule has 0 aromatic heterocycles. The molecule has 0 bridgehead atoms. The van der Waals surface area contributed by atoms with Crippen LogP contribution < -0.4 is 5.73 Å². The highest BCUT2D eigenvalue weighted by Crippen LogP contribution is 2.24. The largest absolute Gasteiger partial charge is 0.383 e. The molecule has 1 aromatic carbocycles. The molecule has 0 amide bonds. The van der Waals surface area contributed by atoms with Crippen molar-refractivity contribution in [3.05, 3.63) is 35.4 Å². The van der Waals surface area contributed by atoms with Crippen LogP contribution in [-0.4, -0.2) is 38.3 Å². The van der Waals surface area contributed by atoms with Gasteiger partial charge in [0.1, 0.15) is 0 Å². The average molecular weight is 250 g/mol. The molecule has 0 spiro atoms. The summed E-state index contributed by atoms with van der Waals surface area (Å²) in [7, 11) is 3.84. The molecule has 0 heterocycles. The van der Waals surface area contributed by atoms with Crippen LogP contribution in [0.25, 0.3) is 0 Å².